The molecule has 0 heterocycles. The van der Waals surface area contributed by atoms with Gasteiger partial charge in [0.2, 0.25) is 10.0 Å². The van der Waals surface area contributed by atoms with Crippen molar-refractivity contribution < 1.29 is 30.8 Å². The molecule has 102 valence electrons. The van der Waals surface area contributed by atoms with Crippen LogP contribution < -0.4 is 10.0 Å². The minimum Gasteiger partial charge on any atom is -0.350 e. The zero-order chi connectivity index (χ0) is 13.7. The van der Waals surface area contributed by atoms with E-state index in [0.717, 1.165) is 0 Å². The molecule has 0 aromatic heterocycles. The van der Waals surface area contributed by atoms with Gasteiger partial charge in [-0.3, -0.25) is 4.79 Å². The van der Waals surface area contributed by atoms with E-state index in [4.69, 9.17) is 0 Å². The van der Waals surface area contributed by atoms with Gasteiger partial charge in [0.25, 0.3) is 5.91 Å². The quantitative estimate of drug-likeness (QED) is 0.642. The van der Waals surface area contributed by atoms with Gasteiger partial charge in [-0.2, -0.15) is 8.78 Å². The van der Waals surface area contributed by atoms with Crippen molar-refractivity contribution in [3.63, 3.8) is 0 Å². The number of carbonyl (C=O) groups is 1. The summed E-state index contributed by atoms with van der Waals surface area (Å²) in [6.07, 6.45) is -4.13. The molecular weight excluding hydrogens is 268 g/mol. The number of nitrogens with one attached hydrogen (secondary N) is 2. The van der Waals surface area contributed by atoms with E-state index in [9.17, 15) is 30.8 Å². The fraction of sp³-hybridized carbons (Fsp3) is 0.857. The van der Waals surface area contributed by atoms with Crippen LogP contribution >= 0.6 is 0 Å². The number of hydrogen-bond donors (Lipinski definition) is 2. The first kappa shape index (κ1) is 16.1. The number of rotatable bonds is 7. The van der Waals surface area contributed by atoms with E-state index in [0.29, 0.717) is 0 Å². The van der Waals surface area contributed by atoms with E-state index in [1.165, 1.54) is 12.2 Å². The summed E-state index contributed by atoms with van der Waals surface area (Å²) in [4.78, 5) is 10.6. The molecule has 0 aliphatic heterocycles. The van der Waals surface area contributed by atoms with Crippen LogP contribution in [0, 0.1) is 0 Å². The third-order valence-electron chi connectivity index (χ3n) is 1.60. The molecule has 0 bridgehead atoms. The zero-order valence-corrected chi connectivity index (χ0v) is 9.66. The highest BCUT2D eigenvalue weighted by atomic mass is 32.2. The molecule has 2 N–H and O–H groups in total. The van der Waals surface area contributed by atoms with Crippen molar-refractivity contribution in [3.05, 3.63) is 0 Å². The Morgan fingerprint density at radius 2 is 1.88 bits per heavy atom. The minimum atomic E-state index is -4.82. The molecule has 0 aliphatic carbocycles. The molecule has 10 heteroatoms. The average Bonchev–Trinajstić information content (AvgIpc) is 2.16. The highest BCUT2D eigenvalue weighted by molar-refractivity contribution is 7.89. The first-order chi connectivity index (χ1) is 7.63. The van der Waals surface area contributed by atoms with E-state index >= 15 is 0 Å². The first-order valence-corrected chi connectivity index (χ1v) is 6.20. The number of amides is 1. The lowest BCUT2D eigenvalue weighted by molar-refractivity contribution is -0.169. The number of alkyl halides is 4. The zero-order valence-electron chi connectivity index (χ0n) is 8.84. The van der Waals surface area contributed by atoms with Gasteiger partial charge in [0.05, 0.1) is 5.75 Å². The fourth-order valence-corrected chi connectivity index (χ4v) is 1.76. The molecule has 17 heavy (non-hydrogen) atoms. The van der Waals surface area contributed by atoms with Crippen LogP contribution in [0.25, 0.3) is 0 Å². The Kier molecular flexibility index (Phi) is 5.82. The summed E-state index contributed by atoms with van der Waals surface area (Å²) in [5, 5.41) is 1.43. The second kappa shape index (κ2) is 6.15. The lowest BCUT2D eigenvalue weighted by Crippen LogP contribution is -2.47. The molecule has 0 saturated heterocycles. The van der Waals surface area contributed by atoms with Gasteiger partial charge in [-0.15, -0.1) is 0 Å². The third-order valence-corrected chi connectivity index (χ3v) is 3.07. The fourth-order valence-electron chi connectivity index (χ4n) is 0.808. The summed E-state index contributed by atoms with van der Waals surface area (Å²) in [6.45, 7) is 0.932. The second-order valence-electron chi connectivity index (χ2n) is 3.00. The van der Waals surface area contributed by atoms with Crippen molar-refractivity contribution in [2.45, 2.75) is 19.3 Å². The van der Waals surface area contributed by atoms with Gasteiger partial charge < -0.3 is 5.32 Å². The Labute approximate surface area is 95.6 Å². The Morgan fingerprint density at radius 3 is 2.29 bits per heavy atom. The maximum absolute atomic E-state index is 12.4. The van der Waals surface area contributed by atoms with Crippen molar-refractivity contribution in [1.29, 1.82) is 0 Å². The molecule has 0 aromatic rings. The van der Waals surface area contributed by atoms with Gasteiger partial charge in [-0.25, -0.2) is 21.9 Å². The molecule has 0 radical (unpaired) electrons. The van der Waals surface area contributed by atoms with Crippen molar-refractivity contribution in [3.8, 4) is 0 Å². The van der Waals surface area contributed by atoms with Gasteiger partial charge in [-0.1, -0.05) is 6.92 Å². The van der Waals surface area contributed by atoms with Crippen LogP contribution in [0.15, 0.2) is 0 Å². The molecule has 5 nitrogen and oxygen atoms in total. The van der Waals surface area contributed by atoms with Gasteiger partial charge in [-0.05, 0) is 0 Å². The molecule has 0 aliphatic rings. The van der Waals surface area contributed by atoms with Crippen LogP contribution in [-0.4, -0.2) is 45.5 Å². The van der Waals surface area contributed by atoms with Gasteiger partial charge in [0.15, 0.2) is 0 Å². The normalized spacial score (nSPS) is 12.8. The third kappa shape index (κ3) is 5.31. The Hall–Kier alpha value is -0.900. The second-order valence-corrected chi connectivity index (χ2v) is 4.92. The molecular formula is C7H12F4N2O3S. The molecule has 0 spiro atoms. The summed E-state index contributed by atoms with van der Waals surface area (Å²) < 4.78 is 72.2. The average molecular weight is 280 g/mol. The maximum Gasteiger partial charge on any atom is 0.383 e. The summed E-state index contributed by atoms with van der Waals surface area (Å²) in [6, 6.07) is 0. The summed E-state index contributed by atoms with van der Waals surface area (Å²) in [7, 11) is -3.69. The van der Waals surface area contributed by atoms with E-state index in [1.54, 1.807) is 0 Å². The molecule has 0 fully saturated rings. The molecule has 0 saturated carbocycles. The van der Waals surface area contributed by atoms with Crippen molar-refractivity contribution in [2.75, 3.05) is 18.8 Å². The predicted molar refractivity (Wildman–Crippen MR) is 51.4 cm³/mol. The van der Waals surface area contributed by atoms with Gasteiger partial charge in [0.1, 0.15) is 0 Å². The topological polar surface area (TPSA) is 75.3 Å². The van der Waals surface area contributed by atoms with Crippen molar-refractivity contribution in [1.82, 2.24) is 10.0 Å². The number of carbonyl (C=O) groups excluding carboxylic acids is 1. The Balaban J connectivity index is 4.20. The van der Waals surface area contributed by atoms with Crippen LogP contribution in [0.5, 0.6) is 0 Å². The highest BCUT2D eigenvalue weighted by Gasteiger charge is 2.48. The molecule has 0 atom stereocenters. The summed E-state index contributed by atoms with van der Waals surface area (Å²) in [5.41, 5.74) is 0. The van der Waals surface area contributed by atoms with Crippen LogP contribution in [0.4, 0.5) is 17.6 Å². The van der Waals surface area contributed by atoms with Crippen LogP contribution in [0.1, 0.15) is 6.92 Å². The molecule has 0 rings (SSSR count). The van der Waals surface area contributed by atoms with Crippen LogP contribution in [0.3, 0.4) is 0 Å². The number of halogens is 4. The molecule has 0 unspecified atom stereocenters. The minimum absolute atomic E-state index is 0.101. The van der Waals surface area contributed by atoms with E-state index in [2.05, 4.69) is 0 Å². The Bertz CT molecular complexity index is 358. The maximum atomic E-state index is 12.4. The largest absolute Gasteiger partial charge is 0.383 e. The van der Waals surface area contributed by atoms with Crippen molar-refractivity contribution >= 4 is 15.9 Å². The smallest absolute Gasteiger partial charge is 0.350 e. The van der Waals surface area contributed by atoms with Crippen LogP contribution in [-0.2, 0) is 14.8 Å². The van der Waals surface area contributed by atoms with Crippen LogP contribution in [0.2, 0.25) is 0 Å². The molecule has 1 amide bonds. The monoisotopic (exact) mass is 280 g/mol. The van der Waals surface area contributed by atoms with Gasteiger partial charge in [0, 0.05) is 13.1 Å². The van der Waals surface area contributed by atoms with Gasteiger partial charge >= 0.3 is 12.3 Å². The summed E-state index contributed by atoms with van der Waals surface area (Å²) in [5.74, 6) is -7.67. The SMILES string of the molecule is CCNS(=O)(=O)CCNC(=O)C(F)(F)C(F)F. The standard InChI is InChI=1S/C7H12F4N2O3S/c1-2-13-17(15,16)4-3-12-6(14)7(10,11)5(8)9/h5,13H,2-4H2,1H3,(H,12,14). The van der Waals surface area contributed by atoms with E-state index in [1.807, 2.05) is 4.72 Å². The highest BCUT2D eigenvalue weighted by Crippen LogP contribution is 2.22. The number of hydrogen-bond acceptors (Lipinski definition) is 3. The number of sulfonamides is 1. The van der Waals surface area contributed by atoms with E-state index in [-0.39, 0.29) is 6.54 Å². The van der Waals surface area contributed by atoms with Crippen molar-refractivity contribution in [2.24, 2.45) is 0 Å². The van der Waals surface area contributed by atoms with E-state index < -0.39 is 40.6 Å². The molecule has 0 aromatic carbocycles. The lowest BCUT2D eigenvalue weighted by Gasteiger charge is -2.14. The predicted octanol–water partition coefficient (Wildman–Crippen LogP) is -0.0577. The first-order valence-electron chi connectivity index (χ1n) is 4.55. The Morgan fingerprint density at radius 1 is 1.35 bits per heavy atom. The summed E-state index contributed by atoms with van der Waals surface area (Å²) >= 11 is 0. The lowest BCUT2D eigenvalue weighted by atomic mass is 10.3.